The number of nitrogens with zero attached hydrogens (tertiary/aromatic N) is 3. The number of rotatable bonds is 3. The molecule has 0 N–H and O–H groups in total. The van der Waals surface area contributed by atoms with Gasteiger partial charge in [0.25, 0.3) is 0 Å². The minimum absolute atomic E-state index is 0.394. The lowest BCUT2D eigenvalue weighted by Crippen LogP contribution is -2.48. The van der Waals surface area contributed by atoms with Crippen molar-refractivity contribution < 1.29 is 9.47 Å². The summed E-state index contributed by atoms with van der Waals surface area (Å²) >= 11 is 0. The molecular formula is C19H29N3O2. The van der Waals surface area contributed by atoms with Gasteiger partial charge in [-0.25, -0.2) is 0 Å². The molecule has 3 aliphatic rings. The van der Waals surface area contributed by atoms with Gasteiger partial charge in [0.15, 0.2) is 0 Å². The van der Waals surface area contributed by atoms with Crippen LogP contribution in [0.5, 0.6) is 0 Å². The summed E-state index contributed by atoms with van der Waals surface area (Å²) in [6, 6.07) is 4.94. The first kappa shape index (κ1) is 16.5. The van der Waals surface area contributed by atoms with E-state index in [2.05, 4.69) is 26.9 Å². The molecule has 0 aliphatic carbocycles. The van der Waals surface area contributed by atoms with E-state index in [0.717, 1.165) is 39.5 Å². The van der Waals surface area contributed by atoms with Crippen LogP contribution in [0.2, 0.25) is 0 Å². The molecule has 0 amide bonds. The molecule has 0 spiro atoms. The SMILES string of the molecule is c1cc(CN2CC[C@H]3CN(C4CCOCC4)CCO[C@H]3C2)ccn1. The summed E-state index contributed by atoms with van der Waals surface area (Å²) < 4.78 is 11.8. The van der Waals surface area contributed by atoms with Crippen LogP contribution in [0.1, 0.15) is 24.8 Å². The summed E-state index contributed by atoms with van der Waals surface area (Å²) in [7, 11) is 0. The van der Waals surface area contributed by atoms with Crippen LogP contribution in [-0.4, -0.2) is 72.9 Å². The van der Waals surface area contributed by atoms with E-state index in [4.69, 9.17) is 9.47 Å². The standard InChI is InChI=1S/C19H29N3O2/c1-6-20-7-2-16(1)13-21-8-3-17-14-22(9-12-24-19(17)15-21)18-4-10-23-11-5-18/h1-2,6-7,17-19H,3-5,8-15H2/t17-,19-/m0/s1. The van der Waals surface area contributed by atoms with E-state index < -0.39 is 0 Å². The van der Waals surface area contributed by atoms with Gasteiger partial charge in [-0.15, -0.1) is 0 Å². The highest BCUT2D eigenvalue weighted by Crippen LogP contribution is 2.27. The number of likely N-dealkylation sites (tertiary alicyclic amines) is 1. The minimum Gasteiger partial charge on any atom is -0.381 e. The summed E-state index contributed by atoms with van der Waals surface area (Å²) in [4.78, 5) is 9.34. The number of pyridine rings is 1. The number of aromatic nitrogens is 1. The first-order valence-corrected chi connectivity index (χ1v) is 9.43. The first-order valence-electron chi connectivity index (χ1n) is 9.43. The largest absolute Gasteiger partial charge is 0.381 e. The number of piperidine rings is 1. The van der Waals surface area contributed by atoms with Gasteiger partial charge in [-0.05, 0) is 43.5 Å². The van der Waals surface area contributed by atoms with Crippen LogP contribution < -0.4 is 0 Å². The molecule has 3 aliphatic heterocycles. The summed E-state index contributed by atoms with van der Waals surface area (Å²) in [6.45, 7) is 8.27. The van der Waals surface area contributed by atoms with E-state index in [0.29, 0.717) is 18.1 Å². The van der Waals surface area contributed by atoms with Gasteiger partial charge in [-0.1, -0.05) is 0 Å². The van der Waals surface area contributed by atoms with Crippen LogP contribution in [-0.2, 0) is 16.0 Å². The van der Waals surface area contributed by atoms with Crippen LogP contribution in [0.25, 0.3) is 0 Å². The van der Waals surface area contributed by atoms with Gasteiger partial charge >= 0.3 is 0 Å². The molecule has 1 aromatic rings. The van der Waals surface area contributed by atoms with Gasteiger partial charge in [0, 0.05) is 63.7 Å². The molecule has 2 atom stereocenters. The fourth-order valence-electron chi connectivity index (χ4n) is 4.41. The fourth-order valence-corrected chi connectivity index (χ4v) is 4.41. The Bertz CT molecular complexity index is 507. The van der Waals surface area contributed by atoms with Crippen LogP contribution in [0.15, 0.2) is 24.5 Å². The lowest BCUT2D eigenvalue weighted by Gasteiger charge is -2.39. The molecule has 0 radical (unpaired) electrons. The van der Waals surface area contributed by atoms with Crippen molar-refractivity contribution in [2.75, 3.05) is 46.0 Å². The van der Waals surface area contributed by atoms with Crippen molar-refractivity contribution in [2.24, 2.45) is 5.92 Å². The van der Waals surface area contributed by atoms with Crippen LogP contribution in [0.4, 0.5) is 0 Å². The van der Waals surface area contributed by atoms with Gasteiger partial charge in [0.2, 0.25) is 0 Å². The second kappa shape index (κ2) is 7.91. The smallest absolute Gasteiger partial charge is 0.0743 e. The predicted octanol–water partition coefficient (Wildman–Crippen LogP) is 1.78. The highest BCUT2D eigenvalue weighted by atomic mass is 16.5. The highest BCUT2D eigenvalue weighted by Gasteiger charge is 2.35. The van der Waals surface area contributed by atoms with E-state index in [1.54, 1.807) is 0 Å². The van der Waals surface area contributed by atoms with Crippen molar-refractivity contribution >= 4 is 0 Å². The molecular weight excluding hydrogens is 302 g/mol. The monoisotopic (exact) mass is 331 g/mol. The summed E-state index contributed by atoms with van der Waals surface area (Å²) in [5.74, 6) is 0.684. The second-order valence-electron chi connectivity index (χ2n) is 7.39. The first-order chi connectivity index (χ1) is 11.9. The predicted molar refractivity (Wildman–Crippen MR) is 92.8 cm³/mol. The molecule has 5 heteroatoms. The Morgan fingerprint density at radius 1 is 1.00 bits per heavy atom. The molecule has 0 unspecified atom stereocenters. The maximum absolute atomic E-state index is 6.27. The van der Waals surface area contributed by atoms with Gasteiger partial charge in [-0.3, -0.25) is 14.8 Å². The average Bonchev–Trinajstić information content (AvgIpc) is 2.85. The Hall–Kier alpha value is -1.01. The van der Waals surface area contributed by atoms with Crippen LogP contribution >= 0.6 is 0 Å². The minimum atomic E-state index is 0.394. The number of fused-ring (bicyclic) bond motifs is 1. The third-order valence-electron chi connectivity index (χ3n) is 5.82. The van der Waals surface area contributed by atoms with Crippen molar-refractivity contribution in [3.8, 4) is 0 Å². The van der Waals surface area contributed by atoms with Crippen molar-refractivity contribution in [1.29, 1.82) is 0 Å². The summed E-state index contributed by atoms with van der Waals surface area (Å²) in [6.07, 6.45) is 7.78. The van der Waals surface area contributed by atoms with Crippen LogP contribution in [0.3, 0.4) is 0 Å². The van der Waals surface area contributed by atoms with Crippen molar-refractivity contribution in [3.63, 3.8) is 0 Å². The molecule has 3 saturated heterocycles. The maximum Gasteiger partial charge on any atom is 0.0743 e. The molecule has 0 aromatic carbocycles. The van der Waals surface area contributed by atoms with Gasteiger partial charge in [0.1, 0.15) is 0 Å². The topological polar surface area (TPSA) is 37.8 Å². The molecule has 0 bridgehead atoms. The van der Waals surface area contributed by atoms with Crippen molar-refractivity contribution in [3.05, 3.63) is 30.1 Å². The van der Waals surface area contributed by atoms with Gasteiger partial charge in [0.05, 0.1) is 12.7 Å². The van der Waals surface area contributed by atoms with Crippen molar-refractivity contribution in [2.45, 2.75) is 38.0 Å². The van der Waals surface area contributed by atoms with E-state index >= 15 is 0 Å². The Morgan fingerprint density at radius 3 is 2.67 bits per heavy atom. The Kier molecular flexibility index (Phi) is 5.43. The average molecular weight is 331 g/mol. The quantitative estimate of drug-likeness (QED) is 0.844. The number of ether oxygens (including phenoxy) is 2. The van der Waals surface area contributed by atoms with Gasteiger partial charge in [-0.2, -0.15) is 0 Å². The van der Waals surface area contributed by atoms with E-state index in [1.165, 1.54) is 37.9 Å². The lowest BCUT2D eigenvalue weighted by atomic mass is 9.92. The van der Waals surface area contributed by atoms with E-state index in [-0.39, 0.29) is 0 Å². The van der Waals surface area contributed by atoms with E-state index in [9.17, 15) is 0 Å². The molecule has 3 fully saturated rings. The molecule has 4 rings (SSSR count). The number of hydrogen-bond donors (Lipinski definition) is 0. The number of hydrogen-bond acceptors (Lipinski definition) is 5. The lowest BCUT2D eigenvalue weighted by molar-refractivity contribution is -0.0245. The zero-order chi connectivity index (χ0) is 16.2. The summed E-state index contributed by atoms with van der Waals surface area (Å²) in [5.41, 5.74) is 1.35. The molecule has 1 aromatic heterocycles. The van der Waals surface area contributed by atoms with E-state index in [1.807, 2.05) is 12.4 Å². The third kappa shape index (κ3) is 3.97. The maximum atomic E-state index is 6.27. The van der Waals surface area contributed by atoms with Gasteiger partial charge < -0.3 is 9.47 Å². The Labute approximate surface area is 144 Å². The zero-order valence-corrected chi connectivity index (χ0v) is 14.5. The van der Waals surface area contributed by atoms with Crippen LogP contribution in [0, 0.1) is 5.92 Å². The second-order valence-corrected chi connectivity index (χ2v) is 7.39. The normalized spacial score (nSPS) is 30.7. The molecule has 0 saturated carbocycles. The highest BCUT2D eigenvalue weighted by molar-refractivity contribution is 5.09. The Morgan fingerprint density at radius 2 is 1.83 bits per heavy atom. The van der Waals surface area contributed by atoms with Crippen molar-refractivity contribution in [1.82, 2.24) is 14.8 Å². The molecule has 24 heavy (non-hydrogen) atoms. The summed E-state index contributed by atoms with van der Waals surface area (Å²) in [5, 5.41) is 0. The fraction of sp³-hybridized carbons (Fsp3) is 0.737. The molecule has 4 heterocycles. The third-order valence-corrected chi connectivity index (χ3v) is 5.82. The Balaban J connectivity index is 1.34. The molecule has 5 nitrogen and oxygen atoms in total. The zero-order valence-electron chi connectivity index (χ0n) is 14.5. The molecule has 132 valence electrons.